The van der Waals surface area contributed by atoms with Crippen LogP contribution in [0.2, 0.25) is 0 Å². The Kier molecular flexibility index (Phi) is 7.77. The van der Waals surface area contributed by atoms with Crippen molar-refractivity contribution in [1.29, 1.82) is 5.26 Å². The molecule has 22 heavy (non-hydrogen) atoms. The molecule has 0 saturated heterocycles. The van der Waals surface area contributed by atoms with Gasteiger partial charge in [-0.25, -0.2) is 0 Å². The van der Waals surface area contributed by atoms with Gasteiger partial charge in [-0.15, -0.1) is 0 Å². The lowest BCUT2D eigenvalue weighted by atomic mass is 9.66. The van der Waals surface area contributed by atoms with Gasteiger partial charge < -0.3 is 0 Å². The first kappa shape index (κ1) is 17.8. The number of nitrogens with zero attached hydrogens (tertiary/aromatic N) is 1. The molecule has 2 aliphatic carbocycles. The molecular weight excluding hydrogens is 266 g/mol. The van der Waals surface area contributed by atoms with Gasteiger partial charge in [0, 0.05) is 6.42 Å². The molecule has 2 rings (SSSR count). The summed E-state index contributed by atoms with van der Waals surface area (Å²) in [5, 5.41) is 8.85. The molecule has 0 spiro atoms. The third-order valence-electron chi connectivity index (χ3n) is 6.74. The molecule has 0 unspecified atom stereocenters. The summed E-state index contributed by atoms with van der Waals surface area (Å²) < 4.78 is 0. The fourth-order valence-corrected chi connectivity index (χ4v) is 5.44. The Morgan fingerprint density at radius 1 is 0.818 bits per heavy atom. The predicted molar refractivity (Wildman–Crippen MR) is 94.4 cm³/mol. The number of rotatable bonds is 7. The molecule has 1 nitrogen and oxygen atoms in total. The third kappa shape index (κ3) is 5.00. The van der Waals surface area contributed by atoms with Crippen LogP contribution in [0.1, 0.15) is 97.3 Å². The van der Waals surface area contributed by atoms with Gasteiger partial charge in [-0.05, 0) is 81.0 Å². The molecule has 0 radical (unpaired) electrons. The number of hydrogen-bond acceptors (Lipinski definition) is 1. The zero-order valence-corrected chi connectivity index (χ0v) is 15.0. The molecule has 2 fully saturated rings. The zero-order chi connectivity index (χ0) is 15.8. The van der Waals surface area contributed by atoms with E-state index in [0.717, 1.165) is 36.0 Å². The Hall–Kier alpha value is -0.510. The molecular formula is C21H37N. The highest BCUT2D eigenvalue weighted by molar-refractivity contribution is 4.86. The van der Waals surface area contributed by atoms with Gasteiger partial charge in [0.2, 0.25) is 0 Å². The Morgan fingerprint density at radius 2 is 1.32 bits per heavy atom. The Balaban J connectivity index is 1.74. The van der Waals surface area contributed by atoms with Crippen molar-refractivity contribution in [2.45, 2.75) is 97.3 Å². The molecule has 0 bridgehead atoms. The largest absolute Gasteiger partial charge is 0.198 e. The molecule has 1 heteroatoms. The minimum Gasteiger partial charge on any atom is -0.198 e. The van der Waals surface area contributed by atoms with Crippen molar-refractivity contribution in [3.05, 3.63) is 0 Å². The SMILES string of the molecule is CCCC(CCC)C1CCC(C2CCC(CC#N)CC2)CC1. The fraction of sp³-hybridized carbons (Fsp3) is 0.952. The van der Waals surface area contributed by atoms with Crippen molar-refractivity contribution in [1.82, 2.24) is 0 Å². The Morgan fingerprint density at radius 3 is 1.77 bits per heavy atom. The van der Waals surface area contributed by atoms with Crippen LogP contribution in [-0.2, 0) is 0 Å². The second-order valence-electron chi connectivity index (χ2n) is 8.16. The van der Waals surface area contributed by atoms with Crippen LogP contribution in [0.15, 0.2) is 0 Å². The molecule has 0 N–H and O–H groups in total. The molecule has 2 aliphatic rings. The van der Waals surface area contributed by atoms with Gasteiger partial charge in [-0.3, -0.25) is 0 Å². The van der Waals surface area contributed by atoms with E-state index in [9.17, 15) is 0 Å². The lowest BCUT2D eigenvalue weighted by Gasteiger charge is -2.39. The molecule has 0 aromatic rings. The van der Waals surface area contributed by atoms with Crippen molar-refractivity contribution < 1.29 is 0 Å². The highest BCUT2D eigenvalue weighted by Gasteiger charge is 2.32. The quantitative estimate of drug-likeness (QED) is 0.511. The van der Waals surface area contributed by atoms with Gasteiger partial charge >= 0.3 is 0 Å². The predicted octanol–water partition coefficient (Wildman–Crippen LogP) is 6.73. The smallest absolute Gasteiger partial charge is 0.0624 e. The summed E-state index contributed by atoms with van der Waals surface area (Å²) >= 11 is 0. The van der Waals surface area contributed by atoms with E-state index in [2.05, 4.69) is 19.9 Å². The van der Waals surface area contributed by atoms with Crippen molar-refractivity contribution in [2.75, 3.05) is 0 Å². The van der Waals surface area contributed by atoms with Gasteiger partial charge in [-0.2, -0.15) is 5.26 Å². The van der Waals surface area contributed by atoms with Crippen LogP contribution in [0.25, 0.3) is 0 Å². The summed E-state index contributed by atoms with van der Waals surface area (Å²) in [6.45, 7) is 4.71. The maximum Gasteiger partial charge on any atom is 0.0624 e. The van der Waals surface area contributed by atoms with Crippen LogP contribution in [0.3, 0.4) is 0 Å². The highest BCUT2D eigenvalue weighted by atomic mass is 14.4. The summed E-state index contributed by atoms with van der Waals surface area (Å²) in [4.78, 5) is 0. The lowest BCUT2D eigenvalue weighted by molar-refractivity contribution is 0.120. The molecule has 0 aliphatic heterocycles. The van der Waals surface area contributed by atoms with E-state index in [-0.39, 0.29) is 0 Å². The van der Waals surface area contributed by atoms with Gasteiger partial charge in [0.15, 0.2) is 0 Å². The average Bonchev–Trinajstić information content (AvgIpc) is 2.56. The molecule has 0 heterocycles. The van der Waals surface area contributed by atoms with E-state index in [1.807, 2.05) is 0 Å². The van der Waals surface area contributed by atoms with Crippen LogP contribution in [0.5, 0.6) is 0 Å². The van der Waals surface area contributed by atoms with Gasteiger partial charge in [-0.1, -0.05) is 39.5 Å². The molecule has 0 amide bonds. The molecule has 0 atom stereocenters. The van der Waals surface area contributed by atoms with Crippen LogP contribution >= 0.6 is 0 Å². The second kappa shape index (κ2) is 9.59. The Bertz CT molecular complexity index is 320. The average molecular weight is 304 g/mol. The first-order valence-corrected chi connectivity index (χ1v) is 10.1. The lowest BCUT2D eigenvalue weighted by Crippen LogP contribution is -2.28. The summed E-state index contributed by atoms with van der Waals surface area (Å²) in [6.07, 6.45) is 18.0. The van der Waals surface area contributed by atoms with E-state index in [1.54, 1.807) is 0 Å². The fourth-order valence-electron chi connectivity index (χ4n) is 5.44. The number of hydrogen-bond donors (Lipinski definition) is 0. The van der Waals surface area contributed by atoms with Crippen molar-refractivity contribution in [3.8, 4) is 6.07 Å². The summed E-state index contributed by atoms with van der Waals surface area (Å²) in [5.41, 5.74) is 0. The topological polar surface area (TPSA) is 23.8 Å². The maximum absolute atomic E-state index is 8.85. The highest BCUT2D eigenvalue weighted by Crippen LogP contribution is 2.44. The summed E-state index contributed by atoms with van der Waals surface area (Å²) in [7, 11) is 0. The minimum atomic E-state index is 0.719. The van der Waals surface area contributed by atoms with Crippen molar-refractivity contribution in [3.63, 3.8) is 0 Å². The van der Waals surface area contributed by atoms with E-state index in [4.69, 9.17) is 5.26 Å². The van der Waals surface area contributed by atoms with Crippen LogP contribution in [-0.4, -0.2) is 0 Å². The molecule has 0 aromatic heterocycles. The van der Waals surface area contributed by atoms with E-state index < -0.39 is 0 Å². The standard InChI is InChI=1S/C21H37N/c1-3-5-18(6-4-2)20-11-13-21(14-12-20)19-9-7-17(8-10-19)15-16-22/h17-21H,3-15H2,1-2H3. The summed E-state index contributed by atoms with van der Waals surface area (Å²) in [5.74, 6) is 4.78. The van der Waals surface area contributed by atoms with Crippen LogP contribution in [0, 0.1) is 40.9 Å². The first-order valence-electron chi connectivity index (χ1n) is 10.1. The van der Waals surface area contributed by atoms with Crippen molar-refractivity contribution in [2.24, 2.45) is 29.6 Å². The zero-order valence-electron chi connectivity index (χ0n) is 15.0. The van der Waals surface area contributed by atoms with Crippen molar-refractivity contribution >= 4 is 0 Å². The van der Waals surface area contributed by atoms with Crippen LogP contribution in [0.4, 0.5) is 0 Å². The van der Waals surface area contributed by atoms with E-state index in [1.165, 1.54) is 77.0 Å². The number of nitriles is 1. The normalized spacial score (nSPS) is 32.8. The third-order valence-corrected chi connectivity index (χ3v) is 6.74. The van der Waals surface area contributed by atoms with Gasteiger partial charge in [0.05, 0.1) is 6.07 Å². The van der Waals surface area contributed by atoms with E-state index in [0.29, 0.717) is 0 Å². The van der Waals surface area contributed by atoms with Gasteiger partial charge in [0.25, 0.3) is 0 Å². The van der Waals surface area contributed by atoms with E-state index >= 15 is 0 Å². The van der Waals surface area contributed by atoms with Gasteiger partial charge in [0.1, 0.15) is 0 Å². The first-order chi connectivity index (χ1) is 10.8. The van der Waals surface area contributed by atoms with Crippen LogP contribution < -0.4 is 0 Å². The molecule has 2 saturated carbocycles. The Labute approximate surface area is 138 Å². The minimum absolute atomic E-state index is 0.719. The maximum atomic E-state index is 8.85. The summed E-state index contributed by atoms with van der Waals surface area (Å²) in [6, 6.07) is 2.37. The monoisotopic (exact) mass is 303 g/mol. The molecule has 126 valence electrons. The molecule has 0 aromatic carbocycles. The second-order valence-corrected chi connectivity index (χ2v) is 8.16.